The molecule has 0 saturated carbocycles. The number of halogens is 2. The molecule has 1 N–H and O–H groups in total. The van der Waals surface area contributed by atoms with Gasteiger partial charge in [-0.1, -0.05) is 61.3 Å². The van der Waals surface area contributed by atoms with Crippen LogP contribution >= 0.6 is 23.2 Å². The summed E-state index contributed by atoms with van der Waals surface area (Å²) in [5.74, 6) is -1.30. The third kappa shape index (κ3) is 5.40. The number of hydrogen-bond acceptors (Lipinski definition) is 3. The molecule has 36 heavy (non-hydrogen) atoms. The molecule has 2 amide bonds. The number of benzene rings is 2. The third-order valence-electron chi connectivity index (χ3n) is 7.60. The fourth-order valence-corrected chi connectivity index (χ4v) is 6.17. The number of aliphatic carboxylic acids is 1. The highest BCUT2D eigenvalue weighted by Gasteiger charge is 2.52. The van der Waals surface area contributed by atoms with Gasteiger partial charge in [0, 0.05) is 41.5 Å². The van der Waals surface area contributed by atoms with Crippen LogP contribution < -0.4 is 0 Å². The van der Waals surface area contributed by atoms with Crippen molar-refractivity contribution >= 4 is 41.0 Å². The van der Waals surface area contributed by atoms with E-state index in [1.54, 1.807) is 13.0 Å². The van der Waals surface area contributed by atoms with Gasteiger partial charge in [0.05, 0.1) is 17.9 Å². The standard InChI is InChI=1S/C28H32Cl2N2O4/c1-3-22(17-31-13-5-8-24(31)33)32-26(18-9-11-20(29)12-10-18)23(19-6-4-7-21(30)14-19)15-28(2,27(32)36)16-25(34)35/h4,6-7,9-12,14,22-23,26H,3,5,8,13,15-17H2,1-2H3,(H,34,35)/t22?,23-,26-,28-/m1/s1. The molecule has 0 spiro atoms. The van der Waals surface area contributed by atoms with Crippen molar-refractivity contribution in [2.45, 2.75) is 64.0 Å². The minimum atomic E-state index is -1.11. The summed E-state index contributed by atoms with van der Waals surface area (Å²) in [4.78, 5) is 42.3. The predicted molar refractivity (Wildman–Crippen MR) is 140 cm³/mol. The first-order valence-corrected chi connectivity index (χ1v) is 13.2. The van der Waals surface area contributed by atoms with Crippen LogP contribution in [-0.4, -0.2) is 51.8 Å². The smallest absolute Gasteiger partial charge is 0.304 e. The summed E-state index contributed by atoms with van der Waals surface area (Å²) >= 11 is 12.6. The van der Waals surface area contributed by atoms with E-state index in [9.17, 15) is 19.5 Å². The van der Waals surface area contributed by atoms with Gasteiger partial charge in [0.1, 0.15) is 0 Å². The number of hydrogen-bond donors (Lipinski definition) is 1. The number of rotatable bonds is 8. The zero-order chi connectivity index (χ0) is 26.0. The first-order chi connectivity index (χ1) is 17.1. The van der Waals surface area contributed by atoms with Crippen LogP contribution in [0.15, 0.2) is 48.5 Å². The number of carboxylic acid groups (broad SMARTS) is 1. The van der Waals surface area contributed by atoms with Crippen molar-refractivity contribution in [3.63, 3.8) is 0 Å². The van der Waals surface area contributed by atoms with Crippen LogP contribution in [-0.2, 0) is 14.4 Å². The summed E-state index contributed by atoms with van der Waals surface area (Å²) in [7, 11) is 0. The van der Waals surface area contributed by atoms with Gasteiger partial charge in [-0.2, -0.15) is 0 Å². The number of piperidine rings is 1. The van der Waals surface area contributed by atoms with E-state index in [0.29, 0.717) is 42.4 Å². The average molecular weight is 531 g/mol. The van der Waals surface area contributed by atoms with Crippen molar-refractivity contribution in [1.29, 1.82) is 0 Å². The molecule has 0 aromatic heterocycles. The molecule has 2 aromatic rings. The normalized spacial score (nSPS) is 25.3. The molecule has 192 valence electrons. The Balaban J connectivity index is 1.87. The maximum Gasteiger partial charge on any atom is 0.304 e. The van der Waals surface area contributed by atoms with Crippen LogP contribution in [0.25, 0.3) is 0 Å². The maximum atomic E-state index is 14.2. The molecule has 0 aliphatic carbocycles. The Morgan fingerprint density at radius 3 is 2.42 bits per heavy atom. The molecule has 2 aromatic carbocycles. The highest BCUT2D eigenvalue weighted by molar-refractivity contribution is 6.30. The molecule has 0 radical (unpaired) electrons. The molecule has 2 saturated heterocycles. The molecule has 8 heteroatoms. The minimum absolute atomic E-state index is 0.0978. The van der Waals surface area contributed by atoms with Gasteiger partial charge in [-0.3, -0.25) is 14.4 Å². The molecule has 2 aliphatic heterocycles. The summed E-state index contributed by atoms with van der Waals surface area (Å²) in [6.45, 7) is 4.86. The van der Waals surface area contributed by atoms with Crippen LogP contribution in [0.2, 0.25) is 10.0 Å². The predicted octanol–water partition coefficient (Wildman–Crippen LogP) is 5.93. The Kier molecular flexibility index (Phi) is 7.96. The Bertz CT molecular complexity index is 1140. The van der Waals surface area contributed by atoms with E-state index in [1.165, 1.54) is 0 Å². The second-order valence-electron chi connectivity index (χ2n) is 10.2. The van der Waals surface area contributed by atoms with E-state index < -0.39 is 11.4 Å². The minimum Gasteiger partial charge on any atom is -0.481 e. The van der Waals surface area contributed by atoms with Crippen LogP contribution in [0.3, 0.4) is 0 Å². The Morgan fingerprint density at radius 2 is 1.83 bits per heavy atom. The van der Waals surface area contributed by atoms with Gasteiger partial charge in [0.25, 0.3) is 0 Å². The lowest BCUT2D eigenvalue weighted by Crippen LogP contribution is -2.58. The third-order valence-corrected chi connectivity index (χ3v) is 8.09. The van der Waals surface area contributed by atoms with Gasteiger partial charge >= 0.3 is 5.97 Å². The van der Waals surface area contributed by atoms with Crippen LogP contribution in [0.4, 0.5) is 0 Å². The van der Waals surface area contributed by atoms with Crippen LogP contribution in [0.1, 0.15) is 69.0 Å². The molecular formula is C28H32Cl2N2O4. The van der Waals surface area contributed by atoms with Gasteiger partial charge in [-0.25, -0.2) is 0 Å². The maximum absolute atomic E-state index is 14.2. The van der Waals surface area contributed by atoms with E-state index in [4.69, 9.17) is 23.2 Å². The Hall–Kier alpha value is -2.57. The number of likely N-dealkylation sites (tertiary alicyclic amines) is 2. The monoisotopic (exact) mass is 530 g/mol. The van der Waals surface area contributed by atoms with Crippen molar-refractivity contribution in [3.05, 3.63) is 69.7 Å². The molecular weight excluding hydrogens is 499 g/mol. The van der Waals surface area contributed by atoms with Gasteiger partial charge in [0.15, 0.2) is 0 Å². The highest BCUT2D eigenvalue weighted by Crippen LogP contribution is 2.52. The van der Waals surface area contributed by atoms with E-state index >= 15 is 0 Å². The van der Waals surface area contributed by atoms with Crippen molar-refractivity contribution in [3.8, 4) is 0 Å². The fourth-order valence-electron chi connectivity index (χ4n) is 5.85. The lowest BCUT2D eigenvalue weighted by molar-refractivity contribution is -0.161. The second-order valence-corrected chi connectivity index (χ2v) is 11.1. The quantitative estimate of drug-likeness (QED) is 0.458. The second kappa shape index (κ2) is 10.8. The number of carboxylic acids is 1. The zero-order valence-corrected chi connectivity index (χ0v) is 22.1. The van der Waals surface area contributed by atoms with E-state index in [-0.39, 0.29) is 36.2 Å². The molecule has 6 nitrogen and oxygen atoms in total. The summed E-state index contributed by atoms with van der Waals surface area (Å²) in [5, 5.41) is 10.9. The lowest BCUT2D eigenvalue weighted by Gasteiger charge is -2.52. The molecule has 1 unspecified atom stereocenters. The van der Waals surface area contributed by atoms with Gasteiger partial charge in [-0.05, 0) is 54.7 Å². The van der Waals surface area contributed by atoms with E-state index in [2.05, 4.69) is 0 Å². The van der Waals surface area contributed by atoms with Crippen molar-refractivity contribution in [2.75, 3.05) is 13.1 Å². The first-order valence-electron chi connectivity index (χ1n) is 12.5. The zero-order valence-electron chi connectivity index (χ0n) is 20.6. The van der Waals surface area contributed by atoms with E-state index in [1.807, 2.05) is 59.2 Å². The van der Waals surface area contributed by atoms with Crippen LogP contribution in [0, 0.1) is 5.41 Å². The lowest BCUT2D eigenvalue weighted by atomic mass is 9.67. The Labute approximate surface area is 222 Å². The molecule has 4 rings (SSSR count). The number of carbonyl (C=O) groups excluding carboxylic acids is 2. The molecule has 2 fully saturated rings. The van der Waals surface area contributed by atoms with Gasteiger partial charge in [-0.15, -0.1) is 0 Å². The van der Waals surface area contributed by atoms with E-state index in [0.717, 1.165) is 17.5 Å². The molecule has 0 bridgehead atoms. The Morgan fingerprint density at radius 1 is 1.11 bits per heavy atom. The summed E-state index contributed by atoms with van der Waals surface area (Å²) in [5.41, 5.74) is 0.759. The SMILES string of the molecule is CCC(CN1CCCC1=O)N1C(=O)[C@@](C)(CC(=O)O)C[C@H](c2cccc(Cl)c2)[C@H]1c1ccc(Cl)cc1. The average Bonchev–Trinajstić information content (AvgIpc) is 3.23. The molecule has 2 heterocycles. The van der Waals surface area contributed by atoms with Crippen molar-refractivity contribution < 1.29 is 19.5 Å². The molecule has 4 atom stereocenters. The van der Waals surface area contributed by atoms with Crippen LogP contribution in [0.5, 0.6) is 0 Å². The largest absolute Gasteiger partial charge is 0.481 e. The summed E-state index contributed by atoms with van der Waals surface area (Å²) in [6, 6.07) is 14.4. The summed E-state index contributed by atoms with van der Waals surface area (Å²) in [6.07, 6.45) is 2.05. The van der Waals surface area contributed by atoms with Gasteiger partial charge in [0.2, 0.25) is 11.8 Å². The van der Waals surface area contributed by atoms with Gasteiger partial charge < -0.3 is 14.9 Å². The number of nitrogens with zero attached hydrogens (tertiary/aromatic N) is 2. The molecule has 2 aliphatic rings. The highest BCUT2D eigenvalue weighted by atomic mass is 35.5. The number of carbonyl (C=O) groups is 3. The topological polar surface area (TPSA) is 77.9 Å². The number of amides is 2. The van der Waals surface area contributed by atoms with Crippen molar-refractivity contribution in [2.24, 2.45) is 5.41 Å². The van der Waals surface area contributed by atoms with Crippen molar-refractivity contribution in [1.82, 2.24) is 9.80 Å². The fraction of sp³-hybridized carbons (Fsp3) is 0.464. The first kappa shape index (κ1) is 26.5. The summed E-state index contributed by atoms with van der Waals surface area (Å²) < 4.78 is 0.